The second-order valence-electron chi connectivity index (χ2n) is 12.4. The van der Waals surface area contributed by atoms with Gasteiger partial charge in [-0.05, 0) is 58.6 Å². The van der Waals surface area contributed by atoms with E-state index in [2.05, 4.69) is 20.7 Å². The Morgan fingerprint density at radius 3 is 2.55 bits per heavy atom. The number of nitrogens with zero attached hydrogens (tertiary/aromatic N) is 3. The van der Waals surface area contributed by atoms with Crippen molar-refractivity contribution in [2.45, 2.75) is 26.3 Å². The standard InChI is InChI=1S/C30H27N5O5/c1-2-19(37)30-24-21-25(30)23-26(30)22(24)29(21,23)12-32-28(39)17-9-16(34-20-5-6-33-35(17)20)27(38)31-10-13-3-4-18-14(7-13)8-15(36)11-40-18/h3-7,9,21-26H,2,8,10-12H2,1H3,(H,31,38)(H,32,39). The Kier molecular flexibility index (Phi) is 4.06. The molecule has 40 heavy (non-hydrogen) atoms. The molecule has 3 aromatic rings. The largest absolute Gasteiger partial charge is 0.486 e. The minimum Gasteiger partial charge on any atom is -0.486 e. The van der Waals surface area contributed by atoms with Crippen molar-refractivity contribution < 1.29 is 23.9 Å². The van der Waals surface area contributed by atoms with Crippen molar-refractivity contribution >= 4 is 29.0 Å². The maximum Gasteiger partial charge on any atom is 0.270 e. The summed E-state index contributed by atoms with van der Waals surface area (Å²) in [5.41, 5.74) is 2.67. The fraction of sp³-hybridized carbons (Fsp3) is 0.467. The SMILES string of the molecule is CCC(=O)C12C3C4C1C1C2C3C41CNC(=O)c1cc(C(=O)NCc2ccc3c(c2)CC(=O)CO3)nc2ccnn12. The number of nitrogens with one attached hydrogen (secondary N) is 2. The highest BCUT2D eigenvalue weighted by Crippen LogP contribution is 3.10. The van der Waals surface area contributed by atoms with Crippen LogP contribution in [0.1, 0.15) is 45.4 Å². The number of amides is 2. The van der Waals surface area contributed by atoms with Gasteiger partial charge < -0.3 is 15.4 Å². The summed E-state index contributed by atoms with van der Waals surface area (Å²) >= 11 is 0. The molecule has 2 amide bonds. The summed E-state index contributed by atoms with van der Waals surface area (Å²) in [6.45, 7) is 2.92. The second-order valence-corrected chi connectivity index (χ2v) is 12.4. The zero-order valence-electron chi connectivity index (χ0n) is 21.8. The van der Waals surface area contributed by atoms with Crippen molar-refractivity contribution in [3.63, 3.8) is 0 Å². The average molecular weight is 538 g/mol. The molecular weight excluding hydrogens is 510 g/mol. The van der Waals surface area contributed by atoms with E-state index in [1.807, 2.05) is 25.1 Å². The van der Waals surface area contributed by atoms with Crippen LogP contribution in [-0.4, -0.2) is 51.1 Å². The van der Waals surface area contributed by atoms with E-state index in [1.54, 1.807) is 12.3 Å². The third-order valence-electron chi connectivity index (χ3n) is 11.4. The van der Waals surface area contributed by atoms with E-state index in [0.29, 0.717) is 72.1 Å². The van der Waals surface area contributed by atoms with Crippen molar-refractivity contribution in [2.24, 2.45) is 46.3 Å². The van der Waals surface area contributed by atoms with Gasteiger partial charge in [0.2, 0.25) is 0 Å². The van der Waals surface area contributed by atoms with Crippen LogP contribution in [0.4, 0.5) is 0 Å². The highest BCUT2D eigenvalue weighted by atomic mass is 16.5. The van der Waals surface area contributed by atoms with Gasteiger partial charge in [-0.3, -0.25) is 19.2 Å². The molecule has 1 aromatic carbocycles. The van der Waals surface area contributed by atoms with Crippen molar-refractivity contribution in [3.8, 4) is 5.75 Å². The number of fused-ring (bicyclic) bond motifs is 2. The maximum atomic E-state index is 13.4. The van der Waals surface area contributed by atoms with Gasteiger partial charge in [0.05, 0.1) is 6.20 Å². The summed E-state index contributed by atoms with van der Waals surface area (Å²) < 4.78 is 6.90. The Labute approximate surface area is 228 Å². The Bertz CT molecular complexity index is 1670. The minimum atomic E-state index is -0.407. The van der Waals surface area contributed by atoms with Gasteiger partial charge >= 0.3 is 0 Å². The molecule has 0 unspecified atom stereocenters. The molecule has 202 valence electrons. The zero-order valence-corrected chi connectivity index (χ0v) is 21.8. The Hall–Kier alpha value is -4.08. The van der Waals surface area contributed by atoms with Gasteiger partial charge in [-0.25, -0.2) is 9.50 Å². The smallest absolute Gasteiger partial charge is 0.270 e. The molecule has 10 heteroatoms. The number of hydrogen-bond donors (Lipinski definition) is 2. The third kappa shape index (κ3) is 2.28. The van der Waals surface area contributed by atoms with E-state index >= 15 is 0 Å². The van der Waals surface area contributed by atoms with Crippen molar-refractivity contribution in [2.75, 3.05) is 13.2 Å². The Morgan fingerprint density at radius 1 is 1.02 bits per heavy atom. The number of hydrogen-bond acceptors (Lipinski definition) is 7. The van der Waals surface area contributed by atoms with Gasteiger partial charge in [-0.15, -0.1) is 0 Å². The molecule has 7 aliphatic rings. The lowest BCUT2D eigenvalue weighted by Gasteiger charge is -3.11. The molecule has 1 aliphatic heterocycles. The third-order valence-corrected chi connectivity index (χ3v) is 11.4. The average Bonchev–Trinajstić information content (AvgIpc) is 3.46. The maximum absolute atomic E-state index is 13.4. The summed E-state index contributed by atoms with van der Waals surface area (Å²) in [6, 6.07) is 8.68. The zero-order chi connectivity index (χ0) is 27.1. The topological polar surface area (TPSA) is 132 Å². The Balaban J connectivity index is 0.897. The number of Topliss-reactive ketones (excluding diaryl/α,β-unsaturated/α-hetero) is 2. The fourth-order valence-corrected chi connectivity index (χ4v) is 10.2. The minimum absolute atomic E-state index is 0.0214. The van der Waals surface area contributed by atoms with Gasteiger partial charge in [0.1, 0.15) is 29.5 Å². The Morgan fingerprint density at radius 2 is 1.80 bits per heavy atom. The van der Waals surface area contributed by atoms with Crippen LogP contribution >= 0.6 is 0 Å². The lowest BCUT2D eigenvalue weighted by atomic mass is 8.92. The highest BCUT2D eigenvalue weighted by Gasteiger charge is 3.10. The molecule has 0 saturated heterocycles. The van der Waals surface area contributed by atoms with Crippen LogP contribution in [0.15, 0.2) is 36.5 Å². The summed E-state index contributed by atoms with van der Waals surface area (Å²) in [6.07, 6.45) is 2.51. The van der Waals surface area contributed by atoms with Gasteiger partial charge in [0, 0.05) is 49.0 Å². The monoisotopic (exact) mass is 537 g/mol. The van der Waals surface area contributed by atoms with Crippen LogP contribution in [0.25, 0.3) is 5.65 Å². The number of ketones is 2. The summed E-state index contributed by atoms with van der Waals surface area (Å²) in [4.78, 5) is 55.2. The van der Waals surface area contributed by atoms with Crippen LogP contribution in [0, 0.1) is 46.3 Å². The van der Waals surface area contributed by atoms with Crippen LogP contribution in [0.2, 0.25) is 0 Å². The van der Waals surface area contributed by atoms with Crippen LogP contribution in [-0.2, 0) is 22.6 Å². The summed E-state index contributed by atoms with van der Waals surface area (Å²) in [5.74, 6) is 3.98. The normalized spacial score (nSPS) is 36.0. The first-order valence-corrected chi connectivity index (χ1v) is 14.1. The molecular formula is C30H27N5O5. The number of ether oxygens (including phenoxy) is 1. The van der Waals surface area contributed by atoms with E-state index < -0.39 is 5.91 Å². The lowest BCUT2D eigenvalue weighted by Crippen LogP contribution is -3.11. The van der Waals surface area contributed by atoms with Crippen molar-refractivity contribution in [1.29, 1.82) is 0 Å². The molecule has 0 bridgehead atoms. The molecule has 10 nitrogen and oxygen atoms in total. The molecule has 0 radical (unpaired) electrons. The molecule has 10 rings (SSSR count). The highest BCUT2D eigenvalue weighted by molar-refractivity contribution is 5.98. The van der Waals surface area contributed by atoms with E-state index in [0.717, 1.165) is 11.1 Å². The van der Waals surface area contributed by atoms with Crippen molar-refractivity contribution in [1.82, 2.24) is 25.2 Å². The number of carbonyl (C=O) groups is 4. The predicted octanol–water partition coefficient (Wildman–Crippen LogP) is 1.61. The van der Waals surface area contributed by atoms with Gasteiger partial charge in [0.15, 0.2) is 11.4 Å². The fourth-order valence-electron chi connectivity index (χ4n) is 10.2. The summed E-state index contributed by atoms with van der Waals surface area (Å²) in [7, 11) is 0. The van der Waals surface area contributed by atoms with Gasteiger partial charge in [-0.2, -0.15) is 5.10 Å². The van der Waals surface area contributed by atoms with Gasteiger partial charge in [-0.1, -0.05) is 13.0 Å². The number of benzene rings is 1. The summed E-state index contributed by atoms with van der Waals surface area (Å²) in [5, 5.41) is 10.3. The first kappa shape index (κ1) is 22.7. The second kappa shape index (κ2) is 7.16. The van der Waals surface area contributed by atoms with Crippen molar-refractivity contribution in [3.05, 3.63) is 59.0 Å². The number of aromatic nitrogens is 3. The van der Waals surface area contributed by atoms with E-state index in [-0.39, 0.29) is 47.1 Å². The molecule has 6 aliphatic carbocycles. The predicted molar refractivity (Wildman–Crippen MR) is 138 cm³/mol. The first-order chi connectivity index (χ1) is 19.4. The van der Waals surface area contributed by atoms with Crippen LogP contribution in [0.3, 0.4) is 0 Å². The van der Waals surface area contributed by atoms with E-state index in [1.165, 1.54) is 10.6 Å². The molecule has 6 fully saturated rings. The lowest BCUT2D eigenvalue weighted by molar-refractivity contribution is -0.638. The van der Waals surface area contributed by atoms with Crippen LogP contribution < -0.4 is 15.4 Å². The number of rotatable bonds is 8. The molecule has 0 atom stereocenters. The van der Waals surface area contributed by atoms with E-state index in [4.69, 9.17) is 4.74 Å². The number of carbonyl (C=O) groups excluding carboxylic acids is 4. The van der Waals surface area contributed by atoms with Gasteiger partial charge in [0.25, 0.3) is 11.8 Å². The van der Waals surface area contributed by atoms with Crippen LogP contribution in [0.5, 0.6) is 5.75 Å². The molecule has 3 heterocycles. The quantitative estimate of drug-likeness (QED) is 0.446. The molecule has 2 aromatic heterocycles. The first-order valence-electron chi connectivity index (χ1n) is 14.1. The molecule has 6 saturated carbocycles. The van der Waals surface area contributed by atoms with E-state index in [9.17, 15) is 19.2 Å². The molecule has 2 N–H and O–H groups in total. The molecule has 0 spiro atoms.